The van der Waals surface area contributed by atoms with E-state index in [0.29, 0.717) is 12.4 Å². The number of carbonyl (C=O) groups excluding carboxylic acids is 1. The van der Waals surface area contributed by atoms with Gasteiger partial charge < -0.3 is 14.4 Å². The molecule has 0 unspecified atom stereocenters. The lowest BCUT2D eigenvalue weighted by atomic mass is 10.0. The first-order chi connectivity index (χ1) is 16.0. The molecule has 0 fully saturated rings. The second kappa shape index (κ2) is 11.7. The summed E-state index contributed by atoms with van der Waals surface area (Å²) in [6.07, 6.45) is 0.761. The van der Waals surface area contributed by atoms with Crippen molar-refractivity contribution in [3.05, 3.63) is 65.6 Å². The molecule has 2 rings (SSSR count). The summed E-state index contributed by atoms with van der Waals surface area (Å²) in [5.74, 6) is -3.27. The Labute approximate surface area is 198 Å². The average Bonchev–Trinajstić information content (AvgIpc) is 2.83. The number of hydrogen-bond donors (Lipinski definition) is 0. The number of aromatic nitrogens is 1. The lowest BCUT2D eigenvalue weighted by Gasteiger charge is -2.29. The fourth-order valence-electron chi connectivity index (χ4n) is 3.20. The Bertz CT molecular complexity index is 1040. The van der Waals surface area contributed by atoms with Crippen molar-refractivity contribution in [2.24, 2.45) is 4.99 Å². The molecule has 1 atom stereocenters. The standard InChI is InChI=1S/C25H30F3N3O3/c1-7-25(27,28)19-9-12-23(30-14-19)33-15-16(3)31(8-2)24(32)21-11-10-20(26)13-22(21)17(4)34-18(5)29-6/h9-14,16H,4,7-8,15H2,1-3,5-6H3/t16-/m0/s1. The molecule has 0 aliphatic carbocycles. The van der Waals surface area contributed by atoms with Crippen LogP contribution in [-0.2, 0) is 10.7 Å². The normalized spacial score (nSPS) is 12.8. The second-order valence-electron chi connectivity index (χ2n) is 7.65. The monoisotopic (exact) mass is 477 g/mol. The lowest BCUT2D eigenvalue weighted by molar-refractivity contribution is -0.00872. The molecule has 0 aliphatic heterocycles. The molecule has 0 bridgehead atoms. The first-order valence-electron chi connectivity index (χ1n) is 10.9. The Balaban J connectivity index is 2.17. The maximum Gasteiger partial charge on any atom is 0.274 e. The number of carbonyl (C=O) groups is 1. The van der Waals surface area contributed by atoms with Crippen molar-refractivity contribution in [3.8, 4) is 5.88 Å². The number of pyridine rings is 1. The molecule has 34 heavy (non-hydrogen) atoms. The van der Waals surface area contributed by atoms with Crippen molar-refractivity contribution >= 4 is 17.6 Å². The fourth-order valence-corrected chi connectivity index (χ4v) is 3.20. The van der Waals surface area contributed by atoms with Crippen LogP contribution in [0.2, 0.25) is 0 Å². The van der Waals surface area contributed by atoms with E-state index in [0.717, 1.165) is 6.20 Å². The van der Waals surface area contributed by atoms with Gasteiger partial charge in [-0.2, -0.15) is 0 Å². The number of likely N-dealkylation sites (N-methyl/N-ethyl adjacent to an activating group) is 1. The maximum absolute atomic E-state index is 13.9. The molecule has 184 valence electrons. The molecule has 1 amide bonds. The number of rotatable bonds is 10. The molecule has 2 aromatic rings. The molecule has 0 radical (unpaired) electrons. The highest BCUT2D eigenvalue weighted by atomic mass is 19.3. The topological polar surface area (TPSA) is 64.0 Å². The minimum absolute atomic E-state index is 0.0751. The molecule has 1 aromatic heterocycles. The molecule has 1 heterocycles. The van der Waals surface area contributed by atoms with Gasteiger partial charge in [0.1, 0.15) is 18.2 Å². The number of amides is 1. The van der Waals surface area contributed by atoms with Gasteiger partial charge in [0.25, 0.3) is 11.8 Å². The highest BCUT2D eigenvalue weighted by molar-refractivity contribution is 5.99. The maximum atomic E-state index is 13.9. The van der Waals surface area contributed by atoms with E-state index in [1.807, 2.05) is 0 Å². The van der Waals surface area contributed by atoms with Crippen LogP contribution >= 0.6 is 0 Å². The van der Waals surface area contributed by atoms with Crippen molar-refractivity contribution in [2.45, 2.75) is 46.1 Å². The van der Waals surface area contributed by atoms with Crippen LogP contribution in [0.3, 0.4) is 0 Å². The Hall–Kier alpha value is -3.36. The Morgan fingerprint density at radius 1 is 1.24 bits per heavy atom. The third-order valence-corrected chi connectivity index (χ3v) is 5.31. The molecule has 9 heteroatoms. The molecule has 0 aliphatic rings. The zero-order valence-electron chi connectivity index (χ0n) is 20.1. The molecule has 0 saturated carbocycles. The summed E-state index contributed by atoms with van der Waals surface area (Å²) in [7, 11) is 1.54. The van der Waals surface area contributed by atoms with Gasteiger partial charge in [-0.05, 0) is 38.1 Å². The summed E-state index contributed by atoms with van der Waals surface area (Å²) in [6.45, 7) is 10.8. The minimum Gasteiger partial charge on any atom is -0.475 e. The highest BCUT2D eigenvalue weighted by Gasteiger charge is 2.29. The van der Waals surface area contributed by atoms with Gasteiger partial charge in [0.2, 0.25) is 5.88 Å². The van der Waals surface area contributed by atoms with Gasteiger partial charge in [0, 0.05) is 50.3 Å². The van der Waals surface area contributed by atoms with Gasteiger partial charge in [0.05, 0.1) is 11.6 Å². The smallest absolute Gasteiger partial charge is 0.274 e. The van der Waals surface area contributed by atoms with Gasteiger partial charge in [-0.25, -0.2) is 18.2 Å². The molecular formula is C25H30F3N3O3. The minimum atomic E-state index is -2.95. The van der Waals surface area contributed by atoms with Crippen molar-refractivity contribution in [1.82, 2.24) is 9.88 Å². The Morgan fingerprint density at radius 2 is 1.94 bits per heavy atom. The van der Waals surface area contributed by atoms with E-state index >= 15 is 0 Å². The third kappa shape index (κ3) is 6.59. The van der Waals surface area contributed by atoms with Crippen molar-refractivity contribution in [1.29, 1.82) is 0 Å². The zero-order chi connectivity index (χ0) is 25.5. The highest BCUT2D eigenvalue weighted by Crippen LogP contribution is 2.31. The van der Waals surface area contributed by atoms with Crippen LogP contribution in [0.5, 0.6) is 5.88 Å². The van der Waals surface area contributed by atoms with Crippen LogP contribution in [0, 0.1) is 5.82 Å². The van der Waals surface area contributed by atoms with Crippen LogP contribution in [0.4, 0.5) is 13.2 Å². The fraction of sp³-hybridized carbons (Fsp3) is 0.400. The van der Waals surface area contributed by atoms with Crippen LogP contribution in [-0.4, -0.2) is 47.9 Å². The third-order valence-electron chi connectivity index (χ3n) is 5.31. The quantitative estimate of drug-likeness (QED) is 0.251. The lowest BCUT2D eigenvalue weighted by Crippen LogP contribution is -2.42. The summed E-state index contributed by atoms with van der Waals surface area (Å²) in [5.41, 5.74) is 0.248. The van der Waals surface area contributed by atoms with E-state index < -0.39 is 17.8 Å². The number of nitrogens with zero attached hydrogens (tertiary/aromatic N) is 3. The summed E-state index contributed by atoms with van der Waals surface area (Å²) < 4.78 is 52.6. The van der Waals surface area contributed by atoms with E-state index in [-0.39, 0.29) is 47.3 Å². The van der Waals surface area contributed by atoms with Crippen molar-refractivity contribution in [3.63, 3.8) is 0 Å². The number of hydrogen-bond acceptors (Lipinski definition) is 5. The van der Waals surface area contributed by atoms with E-state index in [2.05, 4.69) is 16.6 Å². The first kappa shape index (κ1) is 26.9. The molecule has 6 nitrogen and oxygen atoms in total. The van der Waals surface area contributed by atoms with Crippen LogP contribution < -0.4 is 4.74 Å². The largest absolute Gasteiger partial charge is 0.475 e. The van der Waals surface area contributed by atoms with Gasteiger partial charge in [-0.15, -0.1) is 0 Å². The summed E-state index contributed by atoms with van der Waals surface area (Å²) in [6, 6.07) is 6.01. The van der Waals surface area contributed by atoms with E-state index in [4.69, 9.17) is 9.47 Å². The summed E-state index contributed by atoms with van der Waals surface area (Å²) in [4.78, 5) is 22.7. The average molecular weight is 478 g/mol. The molecule has 0 spiro atoms. The predicted molar refractivity (Wildman–Crippen MR) is 126 cm³/mol. The second-order valence-corrected chi connectivity index (χ2v) is 7.65. The van der Waals surface area contributed by atoms with E-state index in [1.165, 1.54) is 37.3 Å². The number of benzene rings is 1. The van der Waals surface area contributed by atoms with Crippen molar-refractivity contribution in [2.75, 3.05) is 20.2 Å². The molecule has 0 N–H and O–H groups in total. The number of alkyl halides is 2. The predicted octanol–water partition coefficient (Wildman–Crippen LogP) is 5.69. The van der Waals surface area contributed by atoms with Crippen molar-refractivity contribution < 1.29 is 27.4 Å². The van der Waals surface area contributed by atoms with Crippen LogP contribution in [0.25, 0.3) is 5.76 Å². The Kier molecular flexibility index (Phi) is 9.23. The van der Waals surface area contributed by atoms with Crippen LogP contribution in [0.15, 0.2) is 48.1 Å². The van der Waals surface area contributed by atoms with Gasteiger partial charge in [-0.3, -0.25) is 9.79 Å². The van der Waals surface area contributed by atoms with Gasteiger partial charge in [0.15, 0.2) is 5.90 Å². The summed E-state index contributed by atoms with van der Waals surface area (Å²) >= 11 is 0. The number of aliphatic imine (C=N–C) groups is 1. The first-order valence-corrected chi connectivity index (χ1v) is 10.9. The molecular weight excluding hydrogens is 447 g/mol. The van der Waals surface area contributed by atoms with Gasteiger partial charge >= 0.3 is 0 Å². The SMILES string of the molecule is C=C(OC(C)=NC)c1cc(F)ccc1C(=O)N(CC)[C@@H](C)COc1ccc(C(F)(F)CC)cn1. The molecule has 1 aromatic carbocycles. The van der Waals surface area contributed by atoms with E-state index in [9.17, 15) is 18.0 Å². The summed E-state index contributed by atoms with van der Waals surface area (Å²) in [5, 5.41) is 0. The van der Waals surface area contributed by atoms with Crippen LogP contribution in [0.1, 0.15) is 55.6 Å². The zero-order valence-corrected chi connectivity index (χ0v) is 20.1. The van der Waals surface area contributed by atoms with E-state index in [1.54, 1.807) is 32.7 Å². The van der Waals surface area contributed by atoms with Gasteiger partial charge in [-0.1, -0.05) is 13.5 Å². The molecule has 0 saturated heterocycles. The Morgan fingerprint density at radius 3 is 2.50 bits per heavy atom. The number of halogens is 3. The number of ether oxygens (including phenoxy) is 2.